The minimum Gasteiger partial charge on any atom is -0.446 e. The van der Waals surface area contributed by atoms with Crippen LogP contribution < -0.4 is 10.2 Å². The topological polar surface area (TPSA) is 91.6 Å². The van der Waals surface area contributed by atoms with E-state index in [1.807, 2.05) is 18.2 Å². The summed E-state index contributed by atoms with van der Waals surface area (Å²) in [5.74, 6) is -0.0186. The van der Waals surface area contributed by atoms with Gasteiger partial charge in [-0.05, 0) is 37.1 Å². The number of aromatic nitrogens is 2. The van der Waals surface area contributed by atoms with Gasteiger partial charge in [0.2, 0.25) is 16.9 Å². The number of para-hydroxylation sites is 1. The molecule has 1 saturated heterocycles. The van der Waals surface area contributed by atoms with E-state index in [9.17, 15) is 22.2 Å². The quantitative estimate of drug-likeness (QED) is 0.332. The zero-order valence-electron chi connectivity index (χ0n) is 21.6. The highest BCUT2D eigenvalue weighted by Gasteiger charge is 2.38. The Kier molecular flexibility index (Phi) is 7.55. The maximum Gasteiger partial charge on any atom is 0.416 e. The average Bonchev–Trinajstić information content (AvgIpc) is 3.60. The number of furan rings is 1. The Hall–Kier alpha value is -3.55. The van der Waals surface area contributed by atoms with Gasteiger partial charge in [-0.1, -0.05) is 30.3 Å². The van der Waals surface area contributed by atoms with Crippen LogP contribution in [0.15, 0.2) is 70.2 Å². The zero-order chi connectivity index (χ0) is 28.7. The van der Waals surface area contributed by atoms with E-state index in [4.69, 9.17) is 15.6 Å². The molecule has 2 aromatic heterocycles. The van der Waals surface area contributed by atoms with Crippen LogP contribution in [0.25, 0.3) is 22.2 Å². The van der Waals surface area contributed by atoms with E-state index >= 15 is 0 Å². The van der Waals surface area contributed by atoms with Crippen LogP contribution in [0, 0.1) is 0 Å². The maximum atomic E-state index is 13.7. The molecule has 1 N–H and O–H groups in total. The summed E-state index contributed by atoms with van der Waals surface area (Å²) in [7, 11) is 0.252. The highest BCUT2D eigenvalue weighted by molar-refractivity contribution is 8.31. The van der Waals surface area contributed by atoms with E-state index in [-0.39, 0.29) is 17.5 Å². The number of carbonyl (C=O) groups excluding carboxylic acids is 1. The van der Waals surface area contributed by atoms with E-state index in [0.29, 0.717) is 47.9 Å². The fourth-order valence-corrected chi connectivity index (χ4v) is 6.93. The van der Waals surface area contributed by atoms with Crippen LogP contribution >= 0.6 is 0 Å². The number of nitrogens with zero attached hydrogens (tertiary/aromatic N) is 4. The van der Waals surface area contributed by atoms with Crippen molar-refractivity contribution in [1.29, 1.82) is 0 Å². The molecule has 8 nitrogen and oxygen atoms in total. The number of nitrogens with one attached hydrogen (secondary N) is 1. The minimum atomic E-state index is -4.44. The third-order valence-corrected chi connectivity index (χ3v) is 9.42. The molecule has 210 valence electrons. The molecule has 1 fully saturated rings. The number of anilines is 1. The summed E-state index contributed by atoms with van der Waals surface area (Å²) < 4.78 is 60.0. The second kappa shape index (κ2) is 10.8. The lowest BCUT2D eigenvalue weighted by atomic mass is 10.1. The van der Waals surface area contributed by atoms with Gasteiger partial charge in [0.25, 0.3) is 0 Å². The van der Waals surface area contributed by atoms with Crippen molar-refractivity contribution in [2.75, 3.05) is 25.5 Å². The Balaban J connectivity index is 1.34. The van der Waals surface area contributed by atoms with Crippen LogP contribution in [0.5, 0.6) is 0 Å². The molecule has 1 amide bonds. The molecule has 13 heteroatoms. The molecule has 3 heterocycles. The molecular formula is C27H26F3N5O3S2. The lowest BCUT2D eigenvalue weighted by Gasteiger charge is -2.24. The third-order valence-electron chi connectivity index (χ3n) is 6.59. The highest BCUT2D eigenvalue weighted by Crippen LogP contribution is 2.32. The summed E-state index contributed by atoms with van der Waals surface area (Å²) in [5, 5.41) is 3.78. The molecule has 1 unspecified atom stereocenters. The van der Waals surface area contributed by atoms with Crippen molar-refractivity contribution in [1.82, 2.24) is 19.6 Å². The van der Waals surface area contributed by atoms with Crippen molar-refractivity contribution in [2.45, 2.75) is 36.7 Å². The van der Waals surface area contributed by atoms with E-state index in [2.05, 4.69) is 15.3 Å². The van der Waals surface area contributed by atoms with Gasteiger partial charge in [-0.25, -0.2) is 18.5 Å². The molecule has 1 aliphatic heterocycles. The summed E-state index contributed by atoms with van der Waals surface area (Å²) in [4.78, 5) is 23.8. The summed E-state index contributed by atoms with van der Waals surface area (Å²) in [6, 6.07) is 14.5. The van der Waals surface area contributed by atoms with Gasteiger partial charge < -0.3 is 14.6 Å². The Morgan fingerprint density at radius 3 is 2.55 bits per heavy atom. The first-order valence-electron chi connectivity index (χ1n) is 12.4. The number of benzene rings is 2. The summed E-state index contributed by atoms with van der Waals surface area (Å²) in [5.41, 5.74) is 1.16. The SMILES string of the molecule is CN(C)c1nc(CNC(=O)[C@@H]2CCCN2S(=O)(=S)c2cc3ccccc3o2)cc(-c2ccc(C(F)(F)F)cc2)n1. The molecule has 0 radical (unpaired) electrons. The number of hydrogen-bond donors (Lipinski definition) is 1. The molecule has 5 rings (SSSR count). The molecule has 2 aromatic carbocycles. The molecule has 0 aliphatic carbocycles. The van der Waals surface area contributed by atoms with Crippen molar-refractivity contribution in [3.63, 3.8) is 0 Å². The minimum absolute atomic E-state index is 0.0312. The Labute approximate surface area is 234 Å². The van der Waals surface area contributed by atoms with Crippen LogP contribution in [0.1, 0.15) is 24.1 Å². The van der Waals surface area contributed by atoms with Gasteiger partial charge in [-0.3, -0.25) is 4.79 Å². The van der Waals surface area contributed by atoms with Crippen LogP contribution in [0.3, 0.4) is 0 Å². The molecule has 0 saturated carbocycles. The summed E-state index contributed by atoms with van der Waals surface area (Å²) in [6.45, 7) is 0.414. The second-order valence-electron chi connectivity index (χ2n) is 9.61. The number of alkyl halides is 3. The predicted molar refractivity (Wildman–Crippen MR) is 148 cm³/mol. The van der Waals surface area contributed by atoms with Gasteiger partial charge in [0, 0.05) is 48.8 Å². The van der Waals surface area contributed by atoms with Crippen molar-refractivity contribution >= 4 is 42.7 Å². The fourth-order valence-electron chi connectivity index (χ4n) is 4.54. The number of halogens is 3. The number of carbonyl (C=O) groups is 1. The number of amides is 1. The molecule has 4 aromatic rings. The van der Waals surface area contributed by atoms with Crippen molar-refractivity contribution in [3.05, 3.63) is 71.9 Å². The van der Waals surface area contributed by atoms with E-state index in [0.717, 1.165) is 17.5 Å². The van der Waals surface area contributed by atoms with E-state index < -0.39 is 26.5 Å². The molecule has 0 bridgehead atoms. The largest absolute Gasteiger partial charge is 0.446 e. The Morgan fingerprint density at radius 2 is 1.88 bits per heavy atom. The standard InChI is InChI=1S/C27H26F3N5O3S2/c1-34(2)26-32-20(15-21(33-26)17-9-11-19(12-10-17)27(28,29)30)16-31-25(36)22-7-5-13-35(22)40(37,39)24-14-18-6-3-4-8-23(18)38-24/h3-4,6,8-12,14-15,22H,5,7,13,16H2,1-2H3,(H,31,36)/t22-,40?/m0/s1. The maximum absolute atomic E-state index is 13.7. The van der Waals surface area contributed by atoms with Gasteiger partial charge in [0.1, 0.15) is 11.6 Å². The van der Waals surface area contributed by atoms with Crippen LogP contribution in [0.2, 0.25) is 0 Å². The first kappa shape index (κ1) is 28.0. The van der Waals surface area contributed by atoms with Gasteiger partial charge in [-0.2, -0.15) is 13.2 Å². The molecule has 2 atom stereocenters. The lowest BCUT2D eigenvalue weighted by molar-refractivity contribution is -0.137. The second-order valence-corrected chi connectivity index (χ2v) is 12.8. The first-order valence-corrected chi connectivity index (χ1v) is 14.9. The van der Waals surface area contributed by atoms with Crippen LogP contribution in [0.4, 0.5) is 19.1 Å². The fraction of sp³-hybridized carbons (Fsp3) is 0.296. The van der Waals surface area contributed by atoms with Crippen molar-refractivity contribution in [3.8, 4) is 11.3 Å². The number of rotatable bonds is 7. The molecule has 1 aliphatic rings. The summed E-state index contributed by atoms with van der Waals surface area (Å²) in [6.07, 6.45) is -3.33. The van der Waals surface area contributed by atoms with E-state index in [1.165, 1.54) is 16.4 Å². The zero-order valence-corrected chi connectivity index (χ0v) is 23.3. The van der Waals surface area contributed by atoms with Crippen LogP contribution in [-0.4, -0.2) is 51.1 Å². The van der Waals surface area contributed by atoms with Crippen molar-refractivity contribution < 1.29 is 26.6 Å². The Morgan fingerprint density at radius 1 is 1.15 bits per heavy atom. The van der Waals surface area contributed by atoms with Crippen molar-refractivity contribution in [2.24, 2.45) is 0 Å². The van der Waals surface area contributed by atoms with Gasteiger partial charge >= 0.3 is 6.18 Å². The summed E-state index contributed by atoms with van der Waals surface area (Å²) >= 11 is 5.52. The molecule has 0 spiro atoms. The number of hydrogen-bond acceptors (Lipinski definition) is 7. The monoisotopic (exact) mass is 589 g/mol. The normalized spacial score (nSPS) is 17.6. The Bertz CT molecular complexity index is 1620. The highest BCUT2D eigenvalue weighted by atomic mass is 32.8. The first-order chi connectivity index (χ1) is 18.9. The van der Waals surface area contributed by atoms with Gasteiger partial charge in [0.15, 0.2) is 8.68 Å². The average molecular weight is 590 g/mol. The smallest absolute Gasteiger partial charge is 0.416 e. The van der Waals surface area contributed by atoms with Gasteiger partial charge in [-0.15, -0.1) is 0 Å². The molecular weight excluding hydrogens is 563 g/mol. The number of fused-ring (bicyclic) bond motifs is 1. The van der Waals surface area contributed by atoms with E-state index in [1.54, 1.807) is 37.2 Å². The lowest BCUT2D eigenvalue weighted by Crippen LogP contribution is -2.45. The van der Waals surface area contributed by atoms with Gasteiger partial charge in [0.05, 0.1) is 23.5 Å². The molecule has 40 heavy (non-hydrogen) atoms. The third kappa shape index (κ3) is 5.67. The predicted octanol–water partition coefficient (Wildman–Crippen LogP) is 4.78. The van der Waals surface area contributed by atoms with Crippen LogP contribution in [-0.2, 0) is 37.4 Å².